The van der Waals surface area contributed by atoms with Crippen molar-refractivity contribution >= 4 is 23.9 Å². The SMILES string of the molecule is C=C(C)C(=O)O.C=C(C)C(=O)OCCCC.C=CC(=O)OCC(C)O.CCCCC(CC)CC=C(C)C(=O)O. The molecule has 0 bridgehead atoms. The molecule has 0 fully saturated rings. The molecule has 2 unspecified atom stereocenters. The van der Waals surface area contributed by atoms with Crippen LogP contribution in [-0.2, 0) is 28.7 Å². The van der Waals surface area contributed by atoms with Crippen molar-refractivity contribution in [3.8, 4) is 0 Å². The van der Waals surface area contributed by atoms with Crippen molar-refractivity contribution in [1.29, 1.82) is 0 Å². The first-order chi connectivity index (χ1) is 18.1. The zero-order chi connectivity index (χ0) is 31.4. The Kier molecular flexibility index (Phi) is 32.3. The highest BCUT2D eigenvalue weighted by Crippen LogP contribution is 2.17. The van der Waals surface area contributed by atoms with Crippen LogP contribution < -0.4 is 0 Å². The molecule has 3 N–H and O–H groups in total. The van der Waals surface area contributed by atoms with E-state index in [1.807, 2.05) is 6.08 Å². The number of rotatable bonds is 15. The lowest BCUT2D eigenvalue weighted by Gasteiger charge is -2.11. The fourth-order valence-corrected chi connectivity index (χ4v) is 2.11. The third kappa shape index (κ3) is 37.0. The molecule has 0 aromatic heterocycles. The van der Waals surface area contributed by atoms with E-state index in [0.717, 1.165) is 31.8 Å². The zero-order valence-corrected chi connectivity index (χ0v) is 25.1. The summed E-state index contributed by atoms with van der Waals surface area (Å²) in [5.74, 6) is -1.86. The predicted molar refractivity (Wildman–Crippen MR) is 155 cm³/mol. The van der Waals surface area contributed by atoms with Gasteiger partial charge in [0.15, 0.2) is 0 Å². The smallest absolute Gasteiger partial charge is 0.333 e. The predicted octanol–water partition coefficient (Wildman–Crippen LogP) is 6.27. The highest BCUT2D eigenvalue weighted by atomic mass is 16.5. The van der Waals surface area contributed by atoms with Crippen molar-refractivity contribution in [2.24, 2.45) is 5.92 Å². The first-order valence-electron chi connectivity index (χ1n) is 13.2. The topological polar surface area (TPSA) is 147 Å². The summed E-state index contributed by atoms with van der Waals surface area (Å²) in [7, 11) is 0. The van der Waals surface area contributed by atoms with Gasteiger partial charge >= 0.3 is 23.9 Å². The van der Waals surface area contributed by atoms with Gasteiger partial charge in [-0.05, 0) is 46.5 Å². The lowest BCUT2D eigenvalue weighted by atomic mass is 9.95. The first-order valence-corrected chi connectivity index (χ1v) is 13.2. The molecule has 0 saturated heterocycles. The molecule has 0 amide bonds. The Morgan fingerprint density at radius 1 is 0.872 bits per heavy atom. The van der Waals surface area contributed by atoms with Crippen molar-refractivity contribution in [2.75, 3.05) is 13.2 Å². The number of ether oxygens (including phenoxy) is 2. The number of carbonyl (C=O) groups is 4. The van der Waals surface area contributed by atoms with Gasteiger partial charge in [0.2, 0.25) is 0 Å². The Hall–Kier alpha value is -3.20. The summed E-state index contributed by atoms with van der Waals surface area (Å²) in [4.78, 5) is 41.1. The minimum atomic E-state index is -0.935. The van der Waals surface area contributed by atoms with Gasteiger partial charge in [0.05, 0.1) is 12.7 Å². The zero-order valence-electron chi connectivity index (χ0n) is 25.1. The van der Waals surface area contributed by atoms with Gasteiger partial charge in [0.1, 0.15) is 6.61 Å². The van der Waals surface area contributed by atoms with Crippen LogP contribution in [0.15, 0.2) is 48.6 Å². The summed E-state index contributed by atoms with van der Waals surface area (Å²) >= 11 is 0. The van der Waals surface area contributed by atoms with Crippen LogP contribution in [0, 0.1) is 5.92 Å². The maximum atomic E-state index is 10.7. The summed E-state index contributed by atoms with van der Waals surface area (Å²) in [5, 5.41) is 25.2. The number of hydrogen-bond donors (Lipinski definition) is 3. The van der Waals surface area contributed by atoms with Crippen molar-refractivity contribution < 1.29 is 44.0 Å². The molecule has 9 heteroatoms. The van der Waals surface area contributed by atoms with Crippen LogP contribution in [0.1, 0.15) is 93.4 Å². The minimum Gasteiger partial charge on any atom is -0.478 e. The lowest BCUT2D eigenvalue weighted by Crippen LogP contribution is -2.13. The number of carboxylic acids is 2. The van der Waals surface area contributed by atoms with E-state index < -0.39 is 24.0 Å². The van der Waals surface area contributed by atoms with Crippen molar-refractivity contribution in [3.05, 3.63) is 48.6 Å². The molecule has 0 aliphatic carbocycles. The van der Waals surface area contributed by atoms with Gasteiger partial charge in [0.25, 0.3) is 0 Å². The molecule has 39 heavy (non-hydrogen) atoms. The van der Waals surface area contributed by atoms with Crippen LogP contribution in [0.4, 0.5) is 0 Å². The van der Waals surface area contributed by atoms with Crippen molar-refractivity contribution in [1.82, 2.24) is 0 Å². The third-order valence-corrected chi connectivity index (χ3v) is 4.72. The largest absolute Gasteiger partial charge is 0.478 e. The second kappa shape index (κ2) is 29.4. The van der Waals surface area contributed by atoms with Crippen LogP contribution in [0.5, 0.6) is 0 Å². The molecule has 0 heterocycles. The summed E-state index contributed by atoms with van der Waals surface area (Å²) in [5.41, 5.74) is 1.12. The van der Waals surface area contributed by atoms with E-state index in [1.165, 1.54) is 33.1 Å². The van der Waals surface area contributed by atoms with Gasteiger partial charge < -0.3 is 24.8 Å². The van der Waals surface area contributed by atoms with Crippen molar-refractivity contribution in [2.45, 2.75) is 99.5 Å². The summed E-state index contributed by atoms with van der Waals surface area (Å²) < 4.78 is 9.25. The molecule has 0 aliphatic rings. The van der Waals surface area contributed by atoms with E-state index in [9.17, 15) is 19.2 Å². The molecule has 2 atom stereocenters. The number of allylic oxidation sites excluding steroid dienone is 1. The number of carbonyl (C=O) groups excluding carboxylic acids is 2. The Morgan fingerprint density at radius 2 is 1.38 bits per heavy atom. The number of esters is 2. The van der Waals surface area contributed by atoms with Gasteiger partial charge in [-0.25, -0.2) is 19.2 Å². The van der Waals surface area contributed by atoms with E-state index in [1.54, 1.807) is 13.8 Å². The Balaban J connectivity index is -0.000000218. The third-order valence-electron chi connectivity index (χ3n) is 4.72. The fourth-order valence-electron chi connectivity index (χ4n) is 2.11. The summed E-state index contributed by atoms with van der Waals surface area (Å²) in [6.45, 7) is 23.0. The molecular weight excluding hydrogens is 504 g/mol. The number of aliphatic carboxylic acids is 2. The molecule has 0 aliphatic heterocycles. The highest BCUT2D eigenvalue weighted by molar-refractivity contribution is 5.87. The highest BCUT2D eigenvalue weighted by Gasteiger charge is 2.06. The van der Waals surface area contributed by atoms with Gasteiger partial charge in [-0.3, -0.25) is 0 Å². The number of unbranched alkanes of at least 4 members (excludes halogenated alkanes) is 2. The summed E-state index contributed by atoms with van der Waals surface area (Å²) in [6.07, 6.45) is 10.0. The van der Waals surface area contributed by atoms with Gasteiger partial charge in [-0.15, -0.1) is 0 Å². The number of aliphatic hydroxyl groups is 1. The Labute approximate surface area is 235 Å². The van der Waals surface area contributed by atoms with E-state index >= 15 is 0 Å². The normalized spacial score (nSPS) is 11.3. The molecule has 0 radical (unpaired) electrons. The van der Waals surface area contributed by atoms with Crippen LogP contribution in [-0.4, -0.2) is 58.5 Å². The monoisotopic (exact) mass is 556 g/mol. The number of carboxylic acid groups (broad SMARTS) is 2. The molecule has 0 rings (SSSR count). The average Bonchev–Trinajstić information content (AvgIpc) is 2.88. The second-order valence-electron chi connectivity index (χ2n) is 8.88. The number of aliphatic hydroxyl groups excluding tert-OH is 1. The molecule has 0 saturated carbocycles. The second-order valence-corrected chi connectivity index (χ2v) is 8.88. The van der Waals surface area contributed by atoms with Crippen molar-refractivity contribution in [3.63, 3.8) is 0 Å². The molecule has 0 aromatic rings. The average molecular weight is 557 g/mol. The summed E-state index contributed by atoms with van der Waals surface area (Å²) in [6, 6.07) is 0. The molecule has 0 spiro atoms. The molecule has 226 valence electrons. The maximum absolute atomic E-state index is 10.7. The fraction of sp³-hybridized carbons (Fsp3) is 0.600. The van der Waals surface area contributed by atoms with Gasteiger partial charge in [-0.1, -0.05) is 78.7 Å². The molecular formula is C30H52O9. The van der Waals surface area contributed by atoms with E-state index in [-0.39, 0.29) is 18.1 Å². The molecule has 9 nitrogen and oxygen atoms in total. The maximum Gasteiger partial charge on any atom is 0.333 e. The van der Waals surface area contributed by atoms with E-state index in [0.29, 0.717) is 23.7 Å². The van der Waals surface area contributed by atoms with Gasteiger partial charge in [-0.2, -0.15) is 0 Å². The van der Waals surface area contributed by atoms with Crippen LogP contribution >= 0.6 is 0 Å². The van der Waals surface area contributed by atoms with Crippen LogP contribution in [0.3, 0.4) is 0 Å². The molecule has 0 aromatic carbocycles. The quantitative estimate of drug-likeness (QED) is 0.120. The Morgan fingerprint density at radius 3 is 1.72 bits per heavy atom. The standard InChI is InChI=1S/C12H22O2.C8H14O2.C6H10O3.C4H6O2/c1-4-6-7-11(5-2)9-8-10(3)12(13)14;1-4-5-6-10-8(9)7(2)3;1-3-6(8)9-4-5(2)7;1-3(2)4(5)6/h8,11H,4-7,9H2,1-3H3,(H,13,14);2,4-6H2,1,3H3;3,5,7H,1,4H2,2H3;1H2,2H3,(H,5,6). The lowest BCUT2D eigenvalue weighted by molar-refractivity contribution is -0.140. The van der Waals surface area contributed by atoms with Crippen LogP contribution in [0.2, 0.25) is 0 Å². The minimum absolute atomic E-state index is 0.0326. The van der Waals surface area contributed by atoms with E-state index in [4.69, 9.17) is 20.1 Å². The van der Waals surface area contributed by atoms with E-state index in [2.05, 4.69) is 45.2 Å². The number of hydrogen-bond acceptors (Lipinski definition) is 7. The van der Waals surface area contributed by atoms with Crippen LogP contribution in [0.25, 0.3) is 0 Å². The van der Waals surface area contributed by atoms with Gasteiger partial charge in [0, 0.05) is 22.8 Å². The Bertz CT molecular complexity index is 752. The first kappa shape index (κ1) is 42.9.